The van der Waals surface area contributed by atoms with Gasteiger partial charge in [0, 0.05) is 44.5 Å². The van der Waals surface area contributed by atoms with Crippen LogP contribution >= 0.6 is 0 Å². The lowest BCUT2D eigenvalue weighted by molar-refractivity contribution is -0.157. The van der Waals surface area contributed by atoms with Crippen LogP contribution in [-0.2, 0) is 32.0 Å². The molecule has 3 aromatic carbocycles. The number of aryl methyl sites for hydroxylation is 1. The molecule has 4 aromatic rings. The highest BCUT2D eigenvalue weighted by atomic mass is 16.5. The van der Waals surface area contributed by atoms with Crippen LogP contribution in [0.25, 0.3) is 11.5 Å². The quantitative estimate of drug-likeness (QED) is 0.183. The van der Waals surface area contributed by atoms with Crippen LogP contribution in [0.15, 0.2) is 89.3 Å². The summed E-state index contributed by atoms with van der Waals surface area (Å²) in [6, 6.07) is 27.5. The van der Waals surface area contributed by atoms with Crippen LogP contribution in [0.4, 0.5) is 0 Å². The number of nitrogens with zero attached hydrogens (tertiary/aromatic N) is 2. The van der Waals surface area contributed by atoms with Gasteiger partial charge >= 0.3 is 11.9 Å². The zero-order valence-corrected chi connectivity index (χ0v) is 24.9. The monoisotopic (exact) mass is 582 g/mol. The van der Waals surface area contributed by atoms with Crippen LogP contribution < -0.4 is 4.74 Å². The molecule has 0 spiro atoms. The number of ether oxygens (including phenoxy) is 3. The maximum Gasteiger partial charge on any atom is 0.310 e. The summed E-state index contributed by atoms with van der Waals surface area (Å²) in [6.07, 6.45) is -0.00325. The van der Waals surface area contributed by atoms with Crippen LogP contribution in [0.5, 0.6) is 5.75 Å². The van der Waals surface area contributed by atoms with Crippen molar-refractivity contribution in [2.75, 3.05) is 26.3 Å². The molecule has 0 saturated carbocycles. The molecule has 5 rings (SSSR count). The van der Waals surface area contributed by atoms with E-state index < -0.39 is 18.0 Å². The first-order valence-electron chi connectivity index (χ1n) is 14.8. The normalized spacial score (nSPS) is 17.4. The molecule has 8 nitrogen and oxygen atoms in total. The Labute approximate surface area is 252 Å². The Balaban J connectivity index is 1.26. The first-order valence-corrected chi connectivity index (χ1v) is 14.8. The third-order valence-corrected chi connectivity index (χ3v) is 7.69. The van der Waals surface area contributed by atoms with E-state index in [2.05, 4.69) is 22.0 Å². The standard InChI is InChI=1S/C35H38N2O6/c1-4-40-35(39)31-23-37(21-26-11-7-5-8-12-26)22-30(31)33(43-25(3)38)27-15-17-29(18-16-27)41-20-19-32-24(2)42-34(36-32)28-13-9-6-10-14-28/h5-18,30-31,33H,4,19-23H2,1-3H3/t30-,31+,33?/m1/s1. The highest BCUT2D eigenvalue weighted by molar-refractivity contribution is 5.74. The fourth-order valence-electron chi connectivity index (χ4n) is 5.65. The van der Waals surface area contributed by atoms with Crippen molar-refractivity contribution in [2.24, 2.45) is 11.8 Å². The van der Waals surface area contributed by atoms with Crippen LogP contribution in [-0.4, -0.2) is 48.1 Å². The van der Waals surface area contributed by atoms with Gasteiger partial charge in [-0.3, -0.25) is 14.5 Å². The van der Waals surface area contributed by atoms with Crippen molar-refractivity contribution in [1.29, 1.82) is 0 Å². The van der Waals surface area contributed by atoms with E-state index in [1.54, 1.807) is 6.92 Å². The Bertz CT molecular complexity index is 1490. The highest BCUT2D eigenvalue weighted by Gasteiger charge is 2.44. The van der Waals surface area contributed by atoms with E-state index in [0.29, 0.717) is 50.9 Å². The van der Waals surface area contributed by atoms with Crippen molar-refractivity contribution >= 4 is 11.9 Å². The lowest BCUT2D eigenvalue weighted by atomic mass is 9.86. The molecule has 0 radical (unpaired) electrons. The predicted octanol–water partition coefficient (Wildman–Crippen LogP) is 6.19. The van der Waals surface area contributed by atoms with Crippen molar-refractivity contribution in [3.05, 3.63) is 108 Å². The Morgan fingerprint density at radius 3 is 2.35 bits per heavy atom. The van der Waals surface area contributed by atoms with Crippen LogP contribution in [0, 0.1) is 18.8 Å². The number of likely N-dealkylation sites (tertiary alicyclic amines) is 1. The molecule has 224 valence electrons. The zero-order chi connectivity index (χ0) is 30.2. The summed E-state index contributed by atoms with van der Waals surface area (Å²) in [5.41, 5.74) is 3.76. The number of esters is 2. The van der Waals surface area contributed by atoms with Gasteiger partial charge in [0.2, 0.25) is 5.89 Å². The Morgan fingerprint density at radius 2 is 1.67 bits per heavy atom. The number of rotatable bonds is 12. The largest absolute Gasteiger partial charge is 0.493 e. The SMILES string of the molecule is CCOC(=O)[C@H]1CN(Cc2ccccc2)C[C@H]1C(OC(C)=O)c1ccc(OCCc2nc(-c3ccccc3)oc2C)cc1. The van der Waals surface area contributed by atoms with Crippen molar-refractivity contribution in [2.45, 2.75) is 39.8 Å². The van der Waals surface area contributed by atoms with E-state index in [4.69, 9.17) is 18.6 Å². The minimum Gasteiger partial charge on any atom is -0.493 e. The first kappa shape index (κ1) is 30.0. The van der Waals surface area contributed by atoms with E-state index >= 15 is 0 Å². The summed E-state index contributed by atoms with van der Waals surface area (Å²) in [6.45, 7) is 7.66. The molecule has 1 unspecified atom stereocenters. The molecule has 8 heteroatoms. The molecule has 1 aliphatic heterocycles. The summed E-state index contributed by atoms with van der Waals surface area (Å²) in [4.78, 5) is 32.2. The number of aromatic nitrogens is 1. The van der Waals surface area contributed by atoms with Crippen molar-refractivity contribution in [1.82, 2.24) is 9.88 Å². The molecule has 0 amide bonds. The summed E-state index contributed by atoms with van der Waals surface area (Å²) in [7, 11) is 0. The number of hydrogen-bond donors (Lipinski definition) is 0. The van der Waals surface area contributed by atoms with Crippen molar-refractivity contribution in [3.8, 4) is 17.2 Å². The van der Waals surface area contributed by atoms with Gasteiger partial charge in [0.15, 0.2) is 0 Å². The lowest BCUT2D eigenvalue weighted by Gasteiger charge is -2.27. The van der Waals surface area contributed by atoms with Gasteiger partial charge in [-0.2, -0.15) is 0 Å². The molecular weight excluding hydrogens is 544 g/mol. The van der Waals surface area contributed by atoms with Gasteiger partial charge in [-0.15, -0.1) is 0 Å². The minimum absolute atomic E-state index is 0.257. The Kier molecular flexibility index (Phi) is 9.89. The molecule has 1 aliphatic rings. The maximum absolute atomic E-state index is 13.0. The number of carbonyl (C=O) groups excluding carboxylic acids is 2. The Morgan fingerprint density at radius 1 is 0.977 bits per heavy atom. The van der Waals surface area contributed by atoms with Crippen molar-refractivity contribution in [3.63, 3.8) is 0 Å². The van der Waals surface area contributed by atoms with E-state index in [-0.39, 0.29) is 11.9 Å². The van der Waals surface area contributed by atoms with E-state index in [9.17, 15) is 9.59 Å². The number of carbonyl (C=O) groups is 2. The Hall–Kier alpha value is -4.43. The summed E-state index contributed by atoms with van der Waals surface area (Å²) < 4.78 is 23.2. The molecule has 0 bridgehead atoms. The lowest BCUT2D eigenvalue weighted by Crippen LogP contribution is -2.31. The van der Waals surface area contributed by atoms with Crippen LogP contribution in [0.2, 0.25) is 0 Å². The molecule has 1 aromatic heterocycles. The van der Waals surface area contributed by atoms with Gasteiger partial charge in [-0.05, 0) is 49.2 Å². The molecule has 3 atom stereocenters. The summed E-state index contributed by atoms with van der Waals surface area (Å²) >= 11 is 0. The molecule has 43 heavy (non-hydrogen) atoms. The number of oxazole rings is 1. The average Bonchev–Trinajstić information content (AvgIpc) is 3.60. The van der Waals surface area contributed by atoms with E-state index in [0.717, 1.165) is 28.1 Å². The molecule has 1 saturated heterocycles. The molecule has 0 N–H and O–H groups in total. The zero-order valence-electron chi connectivity index (χ0n) is 24.9. The van der Waals surface area contributed by atoms with E-state index in [1.807, 2.05) is 79.7 Å². The molecule has 2 heterocycles. The van der Waals surface area contributed by atoms with Gasteiger partial charge in [0.1, 0.15) is 17.6 Å². The smallest absolute Gasteiger partial charge is 0.310 e. The second-order valence-electron chi connectivity index (χ2n) is 10.8. The third-order valence-electron chi connectivity index (χ3n) is 7.69. The summed E-state index contributed by atoms with van der Waals surface area (Å²) in [5.74, 6) is 0.725. The van der Waals surface area contributed by atoms with Gasteiger partial charge in [0.05, 0.1) is 24.8 Å². The molecule has 1 fully saturated rings. The first-order chi connectivity index (χ1) is 20.9. The van der Waals surface area contributed by atoms with Gasteiger partial charge in [0.25, 0.3) is 0 Å². The van der Waals surface area contributed by atoms with Gasteiger partial charge in [-0.1, -0.05) is 60.7 Å². The minimum atomic E-state index is -0.601. The maximum atomic E-state index is 13.0. The fourth-order valence-corrected chi connectivity index (χ4v) is 5.65. The molecular formula is C35H38N2O6. The van der Waals surface area contributed by atoms with Crippen LogP contribution in [0.3, 0.4) is 0 Å². The second kappa shape index (κ2) is 14.2. The van der Waals surface area contributed by atoms with Crippen molar-refractivity contribution < 1.29 is 28.2 Å². The van der Waals surface area contributed by atoms with Crippen LogP contribution in [0.1, 0.15) is 42.5 Å². The third kappa shape index (κ3) is 7.70. The number of benzene rings is 3. The van der Waals surface area contributed by atoms with Gasteiger partial charge < -0.3 is 18.6 Å². The summed E-state index contributed by atoms with van der Waals surface area (Å²) in [5, 5.41) is 0. The number of hydrogen-bond acceptors (Lipinski definition) is 8. The second-order valence-corrected chi connectivity index (χ2v) is 10.8. The topological polar surface area (TPSA) is 91.1 Å². The average molecular weight is 583 g/mol. The molecule has 0 aliphatic carbocycles. The predicted molar refractivity (Wildman–Crippen MR) is 162 cm³/mol. The van der Waals surface area contributed by atoms with E-state index in [1.165, 1.54) is 6.92 Å². The fraction of sp³-hybridized carbons (Fsp3) is 0.343. The van der Waals surface area contributed by atoms with Gasteiger partial charge in [-0.25, -0.2) is 4.98 Å². The highest BCUT2D eigenvalue weighted by Crippen LogP contribution is 2.39.